The van der Waals surface area contributed by atoms with Crippen LogP contribution in [0.4, 0.5) is 0 Å². The monoisotopic (exact) mass is 512 g/mol. The molecule has 38 heavy (non-hydrogen) atoms. The molecule has 0 atom stereocenters. The van der Waals surface area contributed by atoms with Gasteiger partial charge in [-0.15, -0.1) is 10.2 Å². The van der Waals surface area contributed by atoms with Crippen molar-refractivity contribution in [2.45, 2.75) is 72.8 Å². The topological polar surface area (TPSA) is 97.2 Å². The van der Waals surface area contributed by atoms with Gasteiger partial charge in [0.2, 0.25) is 5.82 Å². The number of nitrogens with zero attached hydrogens (tertiary/aromatic N) is 6. The summed E-state index contributed by atoms with van der Waals surface area (Å²) in [5, 5.41) is 22.9. The lowest BCUT2D eigenvalue weighted by molar-refractivity contribution is 0.398. The molecule has 4 aromatic rings. The van der Waals surface area contributed by atoms with Gasteiger partial charge in [-0.3, -0.25) is 0 Å². The average Bonchev–Trinajstić information content (AvgIpc) is 3.55. The van der Waals surface area contributed by atoms with Crippen LogP contribution in [0.25, 0.3) is 22.5 Å². The Morgan fingerprint density at radius 2 is 1.76 bits per heavy atom. The number of allylic oxidation sites excluding steroid dienone is 1. The predicted octanol–water partition coefficient (Wildman–Crippen LogP) is 5.99. The normalized spacial score (nSPS) is 11.6. The second-order valence-corrected chi connectivity index (χ2v) is 11.1. The van der Waals surface area contributed by atoms with Crippen LogP contribution in [0.2, 0.25) is 0 Å². The van der Waals surface area contributed by atoms with Gasteiger partial charge in [-0.05, 0) is 46.6 Å². The molecule has 0 aliphatic rings. The van der Waals surface area contributed by atoms with Crippen LogP contribution in [-0.2, 0) is 19.4 Å². The van der Waals surface area contributed by atoms with Gasteiger partial charge in [-0.2, -0.15) is 10.3 Å². The molecular formula is C30H40N8. The van der Waals surface area contributed by atoms with Crippen LogP contribution in [-0.4, -0.2) is 41.9 Å². The number of aromatic amines is 1. The second-order valence-electron chi connectivity index (χ2n) is 11.1. The first-order chi connectivity index (χ1) is 18.3. The molecule has 0 saturated carbocycles. The number of aryl methyl sites for hydroxylation is 2. The number of aromatic nitrogens is 7. The summed E-state index contributed by atoms with van der Waals surface area (Å²) < 4.78 is 2.08. The average molecular weight is 513 g/mol. The maximum absolute atomic E-state index is 4.90. The molecule has 0 bridgehead atoms. The van der Waals surface area contributed by atoms with E-state index in [9.17, 15) is 0 Å². The van der Waals surface area contributed by atoms with E-state index in [1.54, 1.807) is 0 Å². The highest BCUT2D eigenvalue weighted by atomic mass is 15.5. The fourth-order valence-corrected chi connectivity index (χ4v) is 4.56. The lowest BCUT2D eigenvalue weighted by Gasteiger charge is -2.20. The zero-order valence-corrected chi connectivity index (χ0v) is 23.2. The number of hydrogen-bond acceptors (Lipinski definition) is 6. The second kappa shape index (κ2) is 12.6. The Hall–Kier alpha value is -3.81. The summed E-state index contributed by atoms with van der Waals surface area (Å²) in [6.07, 6.45) is 6.00. The highest BCUT2D eigenvalue weighted by molar-refractivity contribution is 5.80. The van der Waals surface area contributed by atoms with Gasteiger partial charge in [0.1, 0.15) is 5.82 Å². The molecule has 8 heteroatoms. The number of H-pyrrole nitrogens is 1. The highest BCUT2D eigenvalue weighted by Crippen LogP contribution is 2.30. The molecule has 0 radical (unpaired) electrons. The van der Waals surface area contributed by atoms with Crippen molar-refractivity contribution in [3.8, 4) is 22.5 Å². The van der Waals surface area contributed by atoms with E-state index in [4.69, 9.17) is 10.1 Å². The number of unbranched alkanes of at least 4 members (excludes halogenated alkanes) is 1. The van der Waals surface area contributed by atoms with Crippen molar-refractivity contribution < 1.29 is 0 Å². The fourth-order valence-electron chi connectivity index (χ4n) is 4.56. The maximum Gasteiger partial charge on any atom is 0.205 e. The molecule has 200 valence electrons. The molecule has 2 heterocycles. The van der Waals surface area contributed by atoms with E-state index in [1.165, 1.54) is 5.56 Å². The third-order valence-corrected chi connectivity index (χ3v) is 6.35. The minimum Gasteiger partial charge on any atom is -0.389 e. The zero-order valence-electron chi connectivity index (χ0n) is 23.2. The van der Waals surface area contributed by atoms with Crippen molar-refractivity contribution in [3.63, 3.8) is 0 Å². The molecule has 0 aliphatic heterocycles. The van der Waals surface area contributed by atoms with Crippen molar-refractivity contribution >= 4 is 0 Å². The summed E-state index contributed by atoms with van der Waals surface area (Å²) in [7, 11) is 0. The van der Waals surface area contributed by atoms with Gasteiger partial charge >= 0.3 is 0 Å². The molecule has 8 nitrogen and oxygen atoms in total. The van der Waals surface area contributed by atoms with Crippen LogP contribution in [0.15, 0.2) is 60.8 Å². The van der Waals surface area contributed by atoms with Crippen molar-refractivity contribution in [2.75, 3.05) is 6.54 Å². The molecule has 0 spiro atoms. The van der Waals surface area contributed by atoms with Gasteiger partial charge in [0.15, 0.2) is 5.82 Å². The SMILES string of the molecule is C=C(CC(C)(C)C)NCCCc1nc(CCCC)n(Cc2ccc(-c3ccccc3-c3nn[nH]n3)cc2)n1. The van der Waals surface area contributed by atoms with Crippen LogP contribution in [0.5, 0.6) is 0 Å². The number of rotatable bonds is 13. The smallest absolute Gasteiger partial charge is 0.205 e. The molecule has 2 aromatic heterocycles. The van der Waals surface area contributed by atoms with Gasteiger partial charge < -0.3 is 5.32 Å². The third-order valence-electron chi connectivity index (χ3n) is 6.35. The summed E-state index contributed by atoms with van der Waals surface area (Å²) >= 11 is 0. The Bertz CT molecular complexity index is 1300. The van der Waals surface area contributed by atoms with Gasteiger partial charge in [-0.1, -0.05) is 89.2 Å². The van der Waals surface area contributed by atoms with Crippen LogP contribution < -0.4 is 5.32 Å². The van der Waals surface area contributed by atoms with E-state index >= 15 is 0 Å². The van der Waals surface area contributed by atoms with Gasteiger partial charge in [0.05, 0.1) is 6.54 Å². The first kappa shape index (κ1) is 27.2. The minimum absolute atomic E-state index is 0.244. The standard InChI is InChI=1S/C30H40N8/c1-6-7-14-28-32-27(13-10-19-31-22(2)20-30(3,4)5)35-38(28)21-23-15-17-24(18-16-23)25-11-8-9-12-26(25)29-33-36-37-34-29/h8-9,11-12,15-18,31H,2,6-7,10,13-14,19-21H2,1,3-5H3,(H,33,34,36,37). The molecule has 4 rings (SSSR count). The number of hydrogen-bond donors (Lipinski definition) is 2. The van der Waals surface area contributed by atoms with Crippen LogP contribution in [0.1, 0.15) is 70.6 Å². The predicted molar refractivity (Wildman–Crippen MR) is 152 cm³/mol. The minimum atomic E-state index is 0.244. The van der Waals surface area contributed by atoms with Crippen LogP contribution in [0, 0.1) is 5.41 Å². The molecular weight excluding hydrogens is 472 g/mol. The summed E-state index contributed by atoms with van der Waals surface area (Å²) in [4.78, 5) is 4.90. The molecule has 0 amide bonds. The maximum atomic E-state index is 4.90. The van der Waals surface area contributed by atoms with Crippen molar-refractivity contribution in [1.82, 2.24) is 40.7 Å². The van der Waals surface area contributed by atoms with Gasteiger partial charge in [-0.25, -0.2) is 9.67 Å². The summed E-state index contributed by atoms with van der Waals surface area (Å²) in [5.41, 5.74) is 5.68. The van der Waals surface area contributed by atoms with E-state index in [0.29, 0.717) is 12.4 Å². The van der Waals surface area contributed by atoms with Gasteiger partial charge in [0.25, 0.3) is 0 Å². The fraction of sp³-hybridized carbons (Fsp3) is 0.433. The summed E-state index contributed by atoms with van der Waals surface area (Å²) in [6, 6.07) is 16.7. The first-order valence-corrected chi connectivity index (χ1v) is 13.6. The summed E-state index contributed by atoms with van der Waals surface area (Å²) in [5.74, 6) is 2.58. The Morgan fingerprint density at radius 3 is 2.45 bits per heavy atom. The zero-order chi connectivity index (χ0) is 27.0. The third kappa shape index (κ3) is 7.60. The summed E-state index contributed by atoms with van der Waals surface area (Å²) in [6.45, 7) is 14.7. The molecule has 0 unspecified atom stereocenters. The molecule has 0 aliphatic carbocycles. The van der Waals surface area contributed by atoms with Crippen LogP contribution in [0.3, 0.4) is 0 Å². The van der Waals surface area contributed by atoms with Crippen molar-refractivity contribution in [1.29, 1.82) is 0 Å². The largest absolute Gasteiger partial charge is 0.389 e. The van der Waals surface area contributed by atoms with Crippen molar-refractivity contribution in [2.24, 2.45) is 5.41 Å². The van der Waals surface area contributed by atoms with E-state index in [1.807, 2.05) is 18.2 Å². The quantitative estimate of drug-likeness (QED) is 0.214. The van der Waals surface area contributed by atoms with Crippen LogP contribution >= 0.6 is 0 Å². The van der Waals surface area contributed by atoms with E-state index < -0.39 is 0 Å². The van der Waals surface area contributed by atoms with E-state index in [0.717, 1.165) is 79.1 Å². The first-order valence-electron chi connectivity index (χ1n) is 13.6. The lowest BCUT2D eigenvalue weighted by Crippen LogP contribution is -2.19. The van der Waals surface area contributed by atoms with Gasteiger partial charge in [0, 0.05) is 30.6 Å². The Labute approximate surface area is 226 Å². The molecule has 2 aromatic carbocycles. The van der Waals surface area contributed by atoms with E-state index in [-0.39, 0.29) is 5.41 Å². The molecule has 0 saturated heterocycles. The van der Waals surface area contributed by atoms with E-state index in [2.05, 4.69) is 95.2 Å². The Kier molecular flexibility index (Phi) is 9.05. The molecule has 2 N–H and O–H groups in total. The van der Waals surface area contributed by atoms with Crippen molar-refractivity contribution in [3.05, 3.63) is 78.0 Å². The Morgan fingerprint density at radius 1 is 1.00 bits per heavy atom. The molecule has 0 fully saturated rings. The Balaban J connectivity index is 1.41. The number of nitrogens with one attached hydrogen (secondary N) is 2. The number of benzene rings is 2. The number of tetrazole rings is 1. The lowest BCUT2D eigenvalue weighted by atomic mass is 9.91. The highest BCUT2D eigenvalue weighted by Gasteiger charge is 2.14.